The number of piperidine rings is 1. The van der Waals surface area contributed by atoms with Crippen LogP contribution >= 0.6 is 0 Å². The standard InChI is InChI=1S/C27H27FN6/c28-23-4-2-1-3-21(23)9-10-25-31-18-24-27(33-25)34(16-13-19-11-14-30-15-12-19)26(32-24)22-7-5-20(17-29)6-8-22/h1-8,18-19,30H,9-16H2. The van der Waals surface area contributed by atoms with E-state index in [1.807, 2.05) is 30.3 Å². The van der Waals surface area contributed by atoms with Gasteiger partial charge in [0.2, 0.25) is 0 Å². The van der Waals surface area contributed by atoms with Gasteiger partial charge in [-0.05, 0) is 80.6 Å². The number of aromatic nitrogens is 4. The summed E-state index contributed by atoms with van der Waals surface area (Å²) >= 11 is 0. The Morgan fingerprint density at radius 2 is 1.82 bits per heavy atom. The van der Waals surface area contributed by atoms with Gasteiger partial charge in [-0.15, -0.1) is 0 Å². The number of halogens is 1. The van der Waals surface area contributed by atoms with Crippen molar-refractivity contribution in [1.82, 2.24) is 24.8 Å². The minimum absolute atomic E-state index is 0.196. The Labute approximate surface area is 198 Å². The van der Waals surface area contributed by atoms with Crippen LogP contribution in [0.15, 0.2) is 54.7 Å². The van der Waals surface area contributed by atoms with Gasteiger partial charge in [0.15, 0.2) is 5.65 Å². The SMILES string of the molecule is N#Cc1ccc(-c2nc3cnc(CCc4ccccc4F)nc3n2CCC2CCNCC2)cc1. The van der Waals surface area contributed by atoms with Crippen LogP contribution in [0.1, 0.15) is 36.2 Å². The Hall–Kier alpha value is -3.63. The molecule has 0 spiro atoms. The first kappa shape index (κ1) is 22.2. The molecule has 0 unspecified atom stereocenters. The smallest absolute Gasteiger partial charge is 0.164 e. The Morgan fingerprint density at radius 3 is 2.59 bits per heavy atom. The molecule has 2 aromatic carbocycles. The second-order valence-electron chi connectivity index (χ2n) is 8.84. The van der Waals surface area contributed by atoms with Crippen molar-refractivity contribution in [3.8, 4) is 17.5 Å². The summed E-state index contributed by atoms with van der Waals surface area (Å²) in [5.74, 6) is 2.01. The zero-order valence-corrected chi connectivity index (χ0v) is 19.0. The summed E-state index contributed by atoms with van der Waals surface area (Å²) in [6, 6.07) is 16.5. The largest absolute Gasteiger partial charge is 0.317 e. The molecule has 7 heteroatoms. The first-order valence-electron chi connectivity index (χ1n) is 11.9. The van der Waals surface area contributed by atoms with Crippen LogP contribution in [0.25, 0.3) is 22.6 Å². The van der Waals surface area contributed by atoms with Crippen molar-refractivity contribution in [3.05, 3.63) is 77.5 Å². The van der Waals surface area contributed by atoms with Crippen LogP contribution in [-0.2, 0) is 19.4 Å². The maximum atomic E-state index is 14.1. The van der Waals surface area contributed by atoms with Crippen molar-refractivity contribution in [3.63, 3.8) is 0 Å². The number of imidazole rings is 1. The van der Waals surface area contributed by atoms with Crippen LogP contribution in [0.2, 0.25) is 0 Å². The van der Waals surface area contributed by atoms with Crippen molar-refractivity contribution in [2.24, 2.45) is 5.92 Å². The van der Waals surface area contributed by atoms with Crippen LogP contribution in [0, 0.1) is 23.1 Å². The van der Waals surface area contributed by atoms with E-state index in [2.05, 4.69) is 20.9 Å². The van der Waals surface area contributed by atoms with Gasteiger partial charge in [0, 0.05) is 18.5 Å². The zero-order valence-electron chi connectivity index (χ0n) is 19.0. The molecule has 0 aliphatic carbocycles. The molecule has 172 valence electrons. The van der Waals surface area contributed by atoms with Crippen molar-refractivity contribution in [2.45, 2.75) is 38.6 Å². The van der Waals surface area contributed by atoms with Crippen molar-refractivity contribution in [1.29, 1.82) is 5.26 Å². The summed E-state index contributed by atoms with van der Waals surface area (Å²) in [6.45, 7) is 2.96. The van der Waals surface area contributed by atoms with E-state index in [4.69, 9.17) is 15.2 Å². The van der Waals surface area contributed by atoms with Gasteiger partial charge in [0.05, 0.1) is 17.8 Å². The van der Waals surface area contributed by atoms with Crippen molar-refractivity contribution in [2.75, 3.05) is 13.1 Å². The second-order valence-corrected chi connectivity index (χ2v) is 8.84. The average Bonchev–Trinajstić information content (AvgIpc) is 3.25. The van der Waals surface area contributed by atoms with Crippen LogP contribution in [0.5, 0.6) is 0 Å². The summed E-state index contributed by atoms with van der Waals surface area (Å²) in [6.07, 6.45) is 6.30. The van der Waals surface area contributed by atoms with Gasteiger partial charge in [-0.1, -0.05) is 18.2 Å². The first-order valence-corrected chi connectivity index (χ1v) is 11.9. The van der Waals surface area contributed by atoms with Gasteiger partial charge < -0.3 is 9.88 Å². The topological polar surface area (TPSA) is 79.4 Å². The molecule has 0 amide bonds. The molecule has 1 N–H and O–H groups in total. The third-order valence-electron chi connectivity index (χ3n) is 6.61. The molecule has 0 radical (unpaired) electrons. The molecule has 6 nitrogen and oxygen atoms in total. The zero-order chi connectivity index (χ0) is 23.3. The third kappa shape index (κ3) is 4.82. The number of benzene rings is 2. The monoisotopic (exact) mass is 454 g/mol. The number of aryl methyl sites for hydroxylation is 3. The van der Waals surface area contributed by atoms with E-state index in [0.29, 0.717) is 35.7 Å². The average molecular weight is 455 g/mol. The highest BCUT2D eigenvalue weighted by molar-refractivity contribution is 5.76. The molecule has 0 saturated carbocycles. The highest BCUT2D eigenvalue weighted by Crippen LogP contribution is 2.26. The maximum Gasteiger partial charge on any atom is 0.164 e. The van der Waals surface area contributed by atoms with E-state index in [1.165, 1.54) is 18.9 Å². The molecule has 1 fully saturated rings. The summed E-state index contributed by atoms with van der Waals surface area (Å²) in [4.78, 5) is 14.2. The van der Waals surface area contributed by atoms with E-state index >= 15 is 0 Å². The lowest BCUT2D eigenvalue weighted by molar-refractivity contribution is 0.339. The molecule has 1 aliphatic rings. The molecular formula is C27H27FN6. The second kappa shape index (κ2) is 10.1. The van der Waals surface area contributed by atoms with E-state index in [-0.39, 0.29) is 5.82 Å². The molecule has 5 rings (SSSR count). The van der Waals surface area contributed by atoms with Gasteiger partial charge in [-0.25, -0.2) is 19.3 Å². The Balaban J connectivity index is 1.46. The van der Waals surface area contributed by atoms with Gasteiger partial charge in [-0.3, -0.25) is 0 Å². The molecule has 1 saturated heterocycles. The summed E-state index contributed by atoms with van der Waals surface area (Å²) in [7, 11) is 0. The molecule has 0 atom stereocenters. The van der Waals surface area contributed by atoms with E-state index < -0.39 is 0 Å². The predicted octanol–water partition coefficient (Wildman–Crippen LogP) is 4.68. The maximum absolute atomic E-state index is 14.1. The minimum atomic E-state index is -0.196. The quantitative estimate of drug-likeness (QED) is 0.439. The predicted molar refractivity (Wildman–Crippen MR) is 129 cm³/mol. The van der Waals surface area contributed by atoms with Crippen LogP contribution in [0.4, 0.5) is 4.39 Å². The fourth-order valence-corrected chi connectivity index (χ4v) is 4.63. The number of nitrogens with zero attached hydrogens (tertiary/aromatic N) is 5. The Kier molecular flexibility index (Phi) is 6.59. The van der Waals surface area contributed by atoms with E-state index in [9.17, 15) is 4.39 Å². The fraction of sp³-hybridized carbons (Fsp3) is 0.333. The van der Waals surface area contributed by atoms with Gasteiger partial charge in [0.25, 0.3) is 0 Å². The van der Waals surface area contributed by atoms with Crippen LogP contribution in [-0.4, -0.2) is 32.6 Å². The lowest BCUT2D eigenvalue weighted by Gasteiger charge is -2.23. The number of nitrogens with one attached hydrogen (secondary N) is 1. The normalized spacial score (nSPS) is 14.4. The molecule has 34 heavy (non-hydrogen) atoms. The molecule has 2 aromatic heterocycles. The molecular weight excluding hydrogens is 427 g/mol. The summed E-state index contributed by atoms with van der Waals surface area (Å²) in [5, 5.41) is 12.6. The number of hydrogen-bond donors (Lipinski definition) is 1. The van der Waals surface area contributed by atoms with Crippen LogP contribution in [0.3, 0.4) is 0 Å². The Bertz CT molecular complexity index is 1320. The Morgan fingerprint density at radius 1 is 1.03 bits per heavy atom. The van der Waals surface area contributed by atoms with E-state index in [1.54, 1.807) is 18.3 Å². The van der Waals surface area contributed by atoms with Gasteiger partial charge >= 0.3 is 0 Å². The first-order chi connectivity index (χ1) is 16.7. The lowest BCUT2D eigenvalue weighted by atomic mass is 9.95. The number of hydrogen-bond acceptors (Lipinski definition) is 5. The third-order valence-corrected chi connectivity index (χ3v) is 6.61. The summed E-state index contributed by atoms with van der Waals surface area (Å²) in [5.41, 5.74) is 3.81. The fourth-order valence-electron chi connectivity index (χ4n) is 4.63. The number of rotatable bonds is 7. The van der Waals surface area contributed by atoms with E-state index in [0.717, 1.165) is 48.6 Å². The lowest BCUT2D eigenvalue weighted by Crippen LogP contribution is -2.28. The van der Waals surface area contributed by atoms with Gasteiger partial charge in [-0.2, -0.15) is 5.26 Å². The molecule has 0 bridgehead atoms. The minimum Gasteiger partial charge on any atom is -0.317 e. The molecule has 3 heterocycles. The highest BCUT2D eigenvalue weighted by Gasteiger charge is 2.18. The highest BCUT2D eigenvalue weighted by atomic mass is 19.1. The molecule has 1 aliphatic heterocycles. The van der Waals surface area contributed by atoms with Gasteiger partial charge in [0.1, 0.15) is 23.0 Å². The molecule has 4 aromatic rings. The van der Waals surface area contributed by atoms with Crippen molar-refractivity contribution < 1.29 is 4.39 Å². The van der Waals surface area contributed by atoms with Crippen molar-refractivity contribution >= 4 is 11.2 Å². The summed E-state index contributed by atoms with van der Waals surface area (Å²) < 4.78 is 16.2. The number of fused-ring (bicyclic) bond motifs is 1. The van der Waals surface area contributed by atoms with Crippen LogP contribution < -0.4 is 5.32 Å². The number of nitriles is 1.